The molecule has 0 fully saturated rings. The molecule has 1 aromatic rings. The Balaban J connectivity index is 2.71. The smallest absolute Gasteiger partial charge is 0.130 e. The first kappa shape index (κ1) is 9.71. The quantitative estimate of drug-likeness (QED) is 0.767. The van der Waals surface area contributed by atoms with Gasteiger partial charge >= 0.3 is 0 Å². The minimum absolute atomic E-state index is 0.198. The van der Waals surface area contributed by atoms with Gasteiger partial charge in [-0.2, -0.15) is 0 Å². The fourth-order valence-corrected chi connectivity index (χ4v) is 1.26. The molecule has 0 radical (unpaired) electrons. The van der Waals surface area contributed by atoms with Crippen molar-refractivity contribution in [3.8, 4) is 0 Å². The number of hydrogen-bond acceptors (Lipinski definition) is 3. The normalized spacial score (nSPS) is 12.5. The third-order valence-electron chi connectivity index (χ3n) is 1.97. The second-order valence-corrected chi connectivity index (χ2v) is 3.32. The molecule has 1 atom stereocenters. The van der Waals surface area contributed by atoms with Crippen molar-refractivity contribution in [2.24, 2.45) is 0 Å². The van der Waals surface area contributed by atoms with Crippen LogP contribution in [-0.2, 0) is 4.79 Å². The Bertz CT molecular complexity index is 292. The third kappa shape index (κ3) is 2.86. The number of nitrogens with two attached hydrogens (primary N) is 1. The monoisotopic (exact) mass is 178 g/mol. The molecule has 0 aromatic carbocycles. The van der Waals surface area contributed by atoms with Crippen LogP contribution in [0.4, 0.5) is 5.82 Å². The number of pyridine rings is 1. The highest BCUT2D eigenvalue weighted by Crippen LogP contribution is 2.18. The first-order valence-electron chi connectivity index (χ1n) is 4.30. The summed E-state index contributed by atoms with van der Waals surface area (Å²) < 4.78 is 0. The summed E-state index contributed by atoms with van der Waals surface area (Å²) in [5.74, 6) is 0.939. The van der Waals surface area contributed by atoms with E-state index in [4.69, 9.17) is 5.73 Å². The number of nitrogen functional groups attached to an aromatic ring is 1. The molecule has 0 aliphatic heterocycles. The molecule has 0 saturated heterocycles. The molecule has 0 saturated carbocycles. The number of aromatic nitrogens is 1. The van der Waals surface area contributed by atoms with E-state index in [0.29, 0.717) is 12.2 Å². The molecule has 1 aromatic heterocycles. The molecule has 0 aliphatic carbocycles. The van der Waals surface area contributed by atoms with Gasteiger partial charge in [-0.15, -0.1) is 0 Å². The van der Waals surface area contributed by atoms with Crippen LogP contribution in [-0.4, -0.2) is 10.8 Å². The summed E-state index contributed by atoms with van der Waals surface area (Å²) in [5.41, 5.74) is 6.51. The number of nitrogens with zero attached hydrogens (tertiary/aromatic N) is 1. The van der Waals surface area contributed by atoms with Crippen molar-refractivity contribution in [1.29, 1.82) is 0 Å². The lowest BCUT2D eigenvalue weighted by atomic mass is 9.98. The minimum atomic E-state index is 0.198. The number of anilines is 1. The van der Waals surface area contributed by atoms with Crippen LogP contribution in [0, 0.1) is 0 Å². The van der Waals surface area contributed by atoms with Crippen molar-refractivity contribution in [2.45, 2.75) is 26.2 Å². The van der Waals surface area contributed by atoms with Crippen LogP contribution >= 0.6 is 0 Å². The van der Waals surface area contributed by atoms with E-state index in [0.717, 1.165) is 5.56 Å². The van der Waals surface area contributed by atoms with E-state index in [2.05, 4.69) is 4.98 Å². The third-order valence-corrected chi connectivity index (χ3v) is 1.97. The Morgan fingerprint density at radius 2 is 2.31 bits per heavy atom. The van der Waals surface area contributed by atoms with Gasteiger partial charge in [0.1, 0.15) is 11.6 Å². The van der Waals surface area contributed by atoms with Crippen molar-refractivity contribution < 1.29 is 4.79 Å². The molecular formula is C10H14N2O. The van der Waals surface area contributed by atoms with E-state index in [-0.39, 0.29) is 11.7 Å². The van der Waals surface area contributed by atoms with Gasteiger partial charge in [0, 0.05) is 12.6 Å². The zero-order valence-corrected chi connectivity index (χ0v) is 7.95. The molecule has 70 valence electrons. The van der Waals surface area contributed by atoms with Crippen LogP contribution in [0.15, 0.2) is 18.3 Å². The standard InChI is InChI=1S/C10H14N2O/c1-7(5-8(2)13)9-3-4-10(11)12-6-9/h3-4,6-7H,5H2,1-2H3,(H2,11,12). The largest absolute Gasteiger partial charge is 0.384 e. The summed E-state index contributed by atoms with van der Waals surface area (Å²) >= 11 is 0. The molecule has 0 bridgehead atoms. The van der Waals surface area contributed by atoms with Gasteiger partial charge in [-0.3, -0.25) is 0 Å². The predicted molar refractivity (Wildman–Crippen MR) is 52.4 cm³/mol. The summed E-state index contributed by atoms with van der Waals surface area (Å²) in [4.78, 5) is 14.8. The first-order valence-corrected chi connectivity index (χ1v) is 4.30. The Hall–Kier alpha value is -1.38. The number of carbonyl (C=O) groups is 1. The number of carbonyl (C=O) groups excluding carboxylic acids is 1. The number of hydrogen-bond donors (Lipinski definition) is 1. The highest BCUT2D eigenvalue weighted by Gasteiger charge is 2.07. The summed E-state index contributed by atoms with van der Waals surface area (Å²) in [6, 6.07) is 3.67. The maximum Gasteiger partial charge on any atom is 0.130 e. The van der Waals surface area contributed by atoms with Crippen molar-refractivity contribution in [2.75, 3.05) is 5.73 Å². The van der Waals surface area contributed by atoms with Crippen LogP contribution in [0.3, 0.4) is 0 Å². The van der Waals surface area contributed by atoms with E-state index < -0.39 is 0 Å². The van der Waals surface area contributed by atoms with Crippen LogP contribution in [0.2, 0.25) is 0 Å². The molecule has 0 aliphatic rings. The average molecular weight is 178 g/mol. The van der Waals surface area contributed by atoms with Crippen LogP contribution < -0.4 is 5.73 Å². The molecule has 0 amide bonds. The van der Waals surface area contributed by atoms with Crippen molar-refractivity contribution >= 4 is 11.6 Å². The minimum Gasteiger partial charge on any atom is -0.384 e. The Labute approximate surface area is 78.0 Å². The van der Waals surface area contributed by atoms with E-state index in [1.165, 1.54) is 0 Å². The molecule has 0 spiro atoms. The van der Waals surface area contributed by atoms with Gasteiger partial charge in [0.15, 0.2) is 0 Å². The predicted octanol–water partition coefficient (Wildman–Crippen LogP) is 1.75. The van der Waals surface area contributed by atoms with Crippen molar-refractivity contribution in [1.82, 2.24) is 4.98 Å². The van der Waals surface area contributed by atoms with E-state index in [1.807, 2.05) is 13.0 Å². The van der Waals surface area contributed by atoms with E-state index >= 15 is 0 Å². The van der Waals surface area contributed by atoms with Crippen LogP contribution in [0.5, 0.6) is 0 Å². The Morgan fingerprint density at radius 3 is 2.77 bits per heavy atom. The van der Waals surface area contributed by atoms with Gasteiger partial charge in [-0.1, -0.05) is 13.0 Å². The SMILES string of the molecule is CC(=O)CC(C)c1ccc(N)nc1. The summed E-state index contributed by atoms with van der Waals surface area (Å²) in [5, 5.41) is 0. The second-order valence-electron chi connectivity index (χ2n) is 3.32. The molecule has 3 heteroatoms. The van der Waals surface area contributed by atoms with Crippen molar-refractivity contribution in [3.63, 3.8) is 0 Å². The number of Topliss-reactive ketones (excluding diaryl/α,β-unsaturated/α-hetero) is 1. The molecule has 2 N–H and O–H groups in total. The zero-order chi connectivity index (χ0) is 9.84. The van der Waals surface area contributed by atoms with Gasteiger partial charge in [-0.05, 0) is 24.5 Å². The first-order chi connectivity index (χ1) is 6.09. The lowest BCUT2D eigenvalue weighted by molar-refractivity contribution is -0.117. The lowest BCUT2D eigenvalue weighted by Crippen LogP contribution is -2.01. The second kappa shape index (κ2) is 4.03. The summed E-state index contributed by atoms with van der Waals surface area (Å²) in [6.07, 6.45) is 2.29. The molecule has 13 heavy (non-hydrogen) atoms. The van der Waals surface area contributed by atoms with Crippen LogP contribution in [0.1, 0.15) is 31.7 Å². The molecular weight excluding hydrogens is 164 g/mol. The maximum atomic E-state index is 10.8. The highest BCUT2D eigenvalue weighted by atomic mass is 16.1. The molecule has 1 rings (SSSR count). The number of rotatable bonds is 3. The lowest BCUT2D eigenvalue weighted by Gasteiger charge is -2.08. The van der Waals surface area contributed by atoms with Crippen molar-refractivity contribution in [3.05, 3.63) is 23.9 Å². The van der Waals surface area contributed by atoms with Crippen LogP contribution in [0.25, 0.3) is 0 Å². The Kier molecular flexibility index (Phi) is 3.01. The summed E-state index contributed by atoms with van der Waals surface area (Å²) in [6.45, 7) is 3.61. The van der Waals surface area contributed by atoms with E-state index in [9.17, 15) is 4.79 Å². The molecule has 3 nitrogen and oxygen atoms in total. The Morgan fingerprint density at radius 1 is 1.62 bits per heavy atom. The maximum absolute atomic E-state index is 10.8. The fraction of sp³-hybridized carbons (Fsp3) is 0.400. The summed E-state index contributed by atoms with van der Waals surface area (Å²) in [7, 11) is 0. The highest BCUT2D eigenvalue weighted by molar-refractivity contribution is 5.76. The number of ketones is 1. The average Bonchev–Trinajstić information content (AvgIpc) is 2.04. The van der Waals surface area contributed by atoms with E-state index in [1.54, 1.807) is 19.2 Å². The van der Waals surface area contributed by atoms with Gasteiger partial charge in [-0.25, -0.2) is 4.98 Å². The van der Waals surface area contributed by atoms with Gasteiger partial charge in [0.05, 0.1) is 0 Å². The van der Waals surface area contributed by atoms with Gasteiger partial charge in [0.2, 0.25) is 0 Å². The molecule has 1 unspecified atom stereocenters. The fourth-order valence-electron chi connectivity index (χ4n) is 1.26. The van der Waals surface area contributed by atoms with Gasteiger partial charge in [0.25, 0.3) is 0 Å². The topological polar surface area (TPSA) is 56.0 Å². The molecule has 1 heterocycles. The van der Waals surface area contributed by atoms with Gasteiger partial charge < -0.3 is 10.5 Å². The zero-order valence-electron chi connectivity index (χ0n) is 7.95.